The molecule has 0 aromatic heterocycles. The van der Waals surface area contributed by atoms with Crippen LogP contribution in [0.3, 0.4) is 0 Å². The summed E-state index contributed by atoms with van der Waals surface area (Å²) in [6.45, 7) is 4.12. The van der Waals surface area contributed by atoms with E-state index in [4.69, 9.17) is 9.47 Å². The topological polar surface area (TPSA) is 72.8 Å². The Labute approximate surface area is 312 Å². The van der Waals surface area contributed by atoms with E-state index in [-0.39, 0.29) is 25.2 Å². The first-order valence-electron chi connectivity index (χ1n) is 22.6. The molecule has 0 bridgehead atoms. The largest absolute Gasteiger partial charge is 0.462 e. The number of ether oxygens (including phenoxy) is 2. The molecule has 1 atom stereocenters. The number of carbonyl (C=O) groups is 2. The Morgan fingerprint density at radius 2 is 0.620 bits per heavy atom. The summed E-state index contributed by atoms with van der Waals surface area (Å²) in [6, 6.07) is 0. The van der Waals surface area contributed by atoms with Crippen LogP contribution >= 0.6 is 0 Å². The van der Waals surface area contributed by atoms with E-state index in [2.05, 4.69) is 13.8 Å². The zero-order valence-electron chi connectivity index (χ0n) is 33.9. The maximum Gasteiger partial charge on any atom is 0.306 e. The first-order chi connectivity index (χ1) is 24.6. The van der Waals surface area contributed by atoms with Crippen molar-refractivity contribution in [2.24, 2.45) is 0 Å². The Kier molecular flexibility index (Phi) is 41.4. The van der Waals surface area contributed by atoms with Crippen LogP contribution in [0.2, 0.25) is 0 Å². The van der Waals surface area contributed by atoms with E-state index < -0.39 is 6.10 Å². The zero-order valence-corrected chi connectivity index (χ0v) is 33.9. The van der Waals surface area contributed by atoms with Crippen molar-refractivity contribution in [2.45, 2.75) is 264 Å². The number of unbranched alkanes of at least 4 members (excludes halogenated alkanes) is 34. The zero-order chi connectivity index (χ0) is 36.4. The number of rotatable bonds is 42. The molecule has 0 fully saturated rings. The van der Waals surface area contributed by atoms with E-state index in [0.717, 1.165) is 38.5 Å². The van der Waals surface area contributed by atoms with Crippen LogP contribution in [0.1, 0.15) is 258 Å². The predicted octanol–water partition coefficient (Wildman–Crippen LogP) is 14.3. The van der Waals surface area contributed by atoms with Gasteiger partial charge in [0.15, 0.2) is 6.10 Å². The molecule has 298 valence electrons. The third kappa shape index (κ3) is 39.7. The van der Waals surface area contributed by atoms with Crippen molar-refractivity contribution in [1.82, 2.24) is 0 Å². The highest BCUT2D eigenvalue weighted by molar-refractivity contribution is 5.70. The number of aliphatic hydroxyl groups excluding tert-OH is 1. The molecule has 1 unspecified atom stereocenters. The van der Waals surface area contributed by atoms with Gasteiger partial charge in [0.2, 0.25) is 0 Å². The first-order valence-corrected chi connectivity index (χ1v) is 22.6. The average molecular weight is 709 g/mol. The van der Waals surface area contributed by atoms with E-state index in [1.54, 1.807) is 0 Å². The molecule has 0 aliphatic heterocycles. The molecule has 0 aliphatic carbocycles. The van der Waals surface area contributed by atoms with Crippen LogP contribution in [-0.2, 0) is 19.1 Å². The van der Waals surface area contributed by atoms with Crippen LogP contribution < -0.4 is 0 Å². The Bertz CT molecular complexity index is 680. The summed E-state index contributed by atoms with van der Waals surface area (Å²) in [5.41, 5.74) is 0. The van der Waals surface area contributed by atoms with Gasteiger partial charge >= 0.3 is 11.9 Å². The van der Waals surface area contributed by atoms with Gasteiger partial charge in [0.05, 0.1) is 6.61 Å². The van der Waals surface area contributed by atoms with Crippen LogP contribution in [0.5, 0.6) is 0 Å². The van der Waals surface area contributed by atoms with Gasteiger partial charge in [-0.25, -0.2) is 0 Å². The quantitative estimate of drug-likeness (QED) is 0.0505. The van der Waals surface area contributed by atoms with Gasteiger partial charge in [0, 0.05) is 12.8 Å². The second kappa shape index (κ2) is 42.3. The van der Waals surface area contributed by atoms with Gasteiger partial charge in [0.25, 0.3) is 0 Å². The minimum absolute atomic E-state index is 0.0584. The molecular weight excluding hydrogens is 620 g/mol. The van der Waals surface area contributed by atoms with Crippen LogP contribution in [-0.4, -0.2) is 36.4 Å². The van der Waals surface area contributed by atoms with Crippen LogP contribution in [0.15, 0.2) is 0 Å². The van der Waals surface area contributed by atoms with Crippen molar-refractivity contribution >= 4 is 11.9 Å². The lowest BCUT2D eigenvalue weighted by Crippen LogP contribution is -2.28. The maximum absolute atomic E-state index is 12.2. The fourth-order valence-electron chi connectivity index (χ4n) is 6.97. The molecular formula is C45H88O5. The van der Waals surface area contributed by atoms with Gasteiger partial charge in [-0.3, -0.25) is 9.59 Å². The van der Waals surface area contributed by atoms with Gasteiger partial charge in [-0.2, -0.15) is 0 Å². The highest BCUT2D eigenvalue weighted by Crippen LogP contribution is 2.17. The molecule has 0 aromatic carbocycles. The molecule has 1 N–H and O–H groups in total. The Morgan fingerprint density at radius 1 is 0.380 bits per heavy atom. The highest BCUT2D eigenvalue weighted by Gasteiger charge is 2.16. The van der Waals surface area contributed by atoms with Crippen LogP contribution in [0, 0.1) is 0 Å². The SMILES string of the molecule is CCCCCCCCCCCCCCCCCCCCCCCCCCCCCCCC(=O)OC(CO)COC(=O)CCCCCCCCC. The Morgan fingerprint density at radius 3 is 0.880 bits per heavy atom. The molecule has 5 nitrogen and oxygen atoms in total. The van der Waals surface area contributed by atoms with Crippen molar-refractivity contribution in [2.75, 3.05) is 13.2 Å². The number of carbonyl (C=O) groups excluding carboxylic acids is 2. The van der Waals surface area contributed by atoms with E-state index in [9.17, 15) is 14.7 Å². The molecule has 0 radical (unpaired) electrons. The molecule has 0 heterocycles. The maximum atomic E-state index is 12.2. The lowest BCUT2D eigenvalue weighted by molar-refractivity contribution is -0.161. The molecule has 5 heteroatoms. The molecule has 50 heavy (non-hydrogen) atoms. The lowest BCUT2D eigenvalue weighted by atomic mass is 10.0. The third-order valence-corrected chi connectivity index (χ3v) is 10.4. The minimum Gasteiger partial charge on any atom is -0.462 e. The Hall–Kier alpha value is -1.10. The number of aliphatic hydroxyl groups is 1. The van der Waals surface area contributed by atoms with E-state index in [0.29, 0.717) is 12.8 Å². The van der Waals surface area contributed by atoms with Gasteiger partial charge in [-0.15, -0.1) is 0 Å². The summed E-state index contributed by atoms with van der Waals surface area (Å²) in [5, 5.41) is 9.52. The summed E-state index contributed by atoms with van der Waals surface area (Å²) in [7, 11) is 0. The van der Waals surface area contributed by atoms with Gasteiger partial charge in [-0.05, 0) is 12.8 Å². The van der Waals surface area contributed by atoms with Crippen molar-refractivity contribution in [3.8, 4) is 0 Å². The van der Waals surface area contributed by atoms with E-state index >= 15 is 0 Å². The standard InChI is InChI=1S/C45H88O5/c1-3-5-7-9-11-12-13-14-15-16-17-18-19-20-21-22-23-24-25-26-27-28-29-30-31-32-34-36-38-40-45(48)50-43(41-46)42-49-44(47)39-37-35-33-10-8-6-4-2/h43,46H,3-42H2,1-2H3. The first kappa shape index (κ1) is 48.9. The third-order valence-electron chi connectivity index (χ3n) is 10.4. The molecule has 0 aromatic rings. The second-order valence-corrected chi connectivity index (χ2v) is 15.5. The molecule has 0 spiro atoms. The monoisotopic (exact) mass is 709 g/mol. The predicted molar refractivity (Wildman–Crippen MR) is 215 cm³/mol. The summed E-state index contributed by atoms with van der Waals surface area (Å²) < 4.78 is 10.6. The molecule has 0 aliphatic rings. The summed E-state index contributed by atoms with van der Waals surface area (Å²) in [6.07, 6.45) is 47.9. The fourth-order valence-corrected chi connectivity index (χ4v) is 6.97. The number of esters is 2. The number of hydrogen-bond donors (Lipinski definition) is 1. The van der Waals surface area contributed by atoms with Crippen molar-refractivity contribution in [3.63, 3.8) is 0 Å². The van der Waals surface area contributed by atoms with Crippen molar-refractivity contribution in [3.05, 3.63) is 0 Å². The van der Waals surface area contributed by atoms with Crippen molar-refractivity contribution < 1.29 is 24.2 Å². The Balaban J connectivity index is 3.33. The van der Waals surface area contributed by atoms with Crippen molar-refractivity contribution in [1.29, 1.82) is 0 Å². The molecule has 0 saturated carbocycles. The van der Waals surface area contributed by atoms with Gasteiger partial charge < -0.3 is 14.6 Å². The summed E-state index contributed by atoms with van der Waals surface area (Å²) in [5.74, 6) is -0.582. The molecule has 0 amide bonds. The minimum atomic E-state index is -0.760. The lowest BCUT2D eigenvalue weighted by Gasteiger charge is -2.15. The van der Waals surface area contributed by atoms with E-state index in [1.165, 1.54) is 193 Å². The normalized spacial score (nSPS) is 12.0. The van der Waals surface area contributed by atoms with Crippen LogP contribution in [0.25, 0.3) is 0 Å². The van der Waals surface area contributed by atoms with Gasteiger partial charge in [0.1, 0.15) is 6.61 Å². The van der Waals surface area contributed by atoms with Gasteiger partial charge in [-0.1, -0.05) is 232 Å². The molecule has 0 saturated heterocycles. The summed E-state index contributed by atoms with van der Waals surface area (Å²) >= 11 is 0. The fraction of sp³-hybridized carbons (Fsp3) is 0.956. The number of hydrogen-bond acceptors (Lipinski definition) is 5. The highest BCUT2D eigenvalue weighted by atomic mass is 16.6. The second-order valence-electron chi connectivity index (χ2n) is 15.5. The van der Waals surface area contributed by atoms with E-state index in [1.807, 2.05) is 0 Å². The molecule has 0 rings (SSSR count). The van der Waals surface area contributed by atoms with Crippen LogP contribution in [0.4, 0.5) is 0 Å². The smallest absolute Gasteiger partial charge is 0.306 e. The summed E-state index contributed by atoms with van der Waals surface area (Å²) in [4.78, 5) is 24.1. The average Bonchev–Trinajstić information content (AvgIpc) is 3.12.